The minimum absolute atomic E-state index is 0.0526. The third-order valence-corrected chi connectivity index (χ3v) is 1.80. The van der Waals surface area contributed by atoms with Crippen LogP contribution in [0.3, 0.4) is 0 Å². The number of halogens is 1. The first-order valence-electron chi connectivity index (χ1n) is 4.81. The Morgan fingerprint density at radius 1 is 1.25 bits per heavy atom. The van der Waals surface area contributed by atoms with Gasteiger partial charge in [0.1, 0.15) is 6.61 Å². The van der Waals surface area contributed by atoms with Crippen LogP contribution in [0.25, 0.3) is 0 Å². The van der Waals surface area contributed by atoms with Crippen LogP contribution in [-0.4, -0.2) is 18.7 Å². The Hall–Kier alpha value is -1.91. The SMILES string of the molecule is O=C(F)CCNC(=O)OCc1ccccc1. The second-order valence-corrected chi connectivity index (χ2v) is 3.09. The predicted molar refractivity (Wildman–Crippen MR) is 55.4 cm³/mol. The van der Waals surface area contributed by atoms with E-state index in [0.29, 0.717) is 0 Å². The minimum Gasteiger partial charge on any atom is -0.445 e. The number of alkyl carbamates (subject to hydrolysis) is 1. The van der Waals surface area contributed by atoms with Gasteiger partial charge >= 0.3 is 12.1 Å². The molecule has 0 aliphatic heterocycles. The van der Waals surface area contributed by atoms with E-state index in [4.69, 9.17) is 4.74 Å². The van der Waals surface area contributed by atoms with Crippen molar-refractivity contribution in [3.63, 3.8) is 0 Å². The highest BCUT2D eigenvalue weighted by atomic mass is 19.1. The van der Waals surface area contributed by atoms with Gasteiger partial charge in [-0.05, 0) is 5.56 Å². The average molecular weight is 225 g/mol. The molecule has 0 bridgehead atoms. The maximum Gasteiger partial charge on any atom is 0.407 e. The number of carbonyl (C=O) groups excluding carboxylic acids is 2. The van der Waals surface area contributed by atoms with E-state index >= 15 is 0 Å². The topological polar surface area (TPSA) is 55.4 Å². The summed E-state index contributed by atoms with van der Waals surface area (Å²) < 4.78 is 16.6. The van der Waals surface area contributed by atoms with Crippen molar-refractivity contribution in [2.45, 2.75) is 13.0 Å². The molecular formula is C11H12FNO3. The minimum atomic E-state index is -1.46. The highest BCUT2D eigenvalue weighted by Crippen LogP contribution is 2.00. The summed E-state index contributed by atoms with van der Waals surface area (Å²) in [6.07, 6.45) is -0.995. The number of rotatable bonds is 5. The summed E-state index contributed by atoms with van der Waals surface area (Å²) in [6, 6.07) is 7.70. The second-order valence-electron chi connectivity index (χ2n) is 3.09. The Labute approximate surface area is 92.4 Å². The van der Waals surface area contributed by atoms with Gasteiger partial charge in [0.15, 0.2) is 0 Å². The van der Waals surface area contributed by atoms with Gasteiger partial charge < -0.3 is 10.1 Å². The Balaban J connectivity index is 2.18. The molecule has 1 rings (SSSR count). The molecule has 0 atom stereocenters. The van der Waals surface area contributed by atoms with Gasteiger partial charge in [0.25, 0.3) is 0 Å². The molecule has 0 saturated heterocycles. The Morgan fingerprint density at radius 2 is 1.94 bits per heavy atom. The molecule has 5 heteroatoms. The molecule has 0 saturated carbocycles. The molecule has 0 unspecified atom stereocenters. The molecule has 0 fully saturated rings. The summed E-state index contributed by atoms with van der Waals surface area (Å²) in [6.45, 7) is 0.0964. The lowest BCUT2D eigenvalue weighted by Gasteiger charge is -2.05. The largest absolute Gasteiger partial charge is 0.445 e. The van der Waals surface area contributed by atoms with E-state index < -0.39 is 12.1 Å². The first-order valence-corrected chi connectivity index (χ1v) is 4.81. The lowest BCUT2D eigenvalue weighted by molar-refractivity contribution is -0.129. The van der Waals surface area contributed by atoms with Crippen LogP contribution in [0, 0.1) is 0 Å². The quantitative estimate of drug-likeness (QED) is 0.777. The van der Waals surface area contributed by atoms with Crippen LogP contribution >= 0.6 is 0 Å². The Bertz CT molecular complexity index is 354. The summed E-state index contributed by atoms with van der Waals surface area (Å²) in [7, 11) is 0. The van der Waals surface area contributed by atoms with Gasteiger partial charge in [-0.3, -0.25) is 4.79 Å². The highest BCUT2D eigenvalue weighted by Gasteiger charge is 2.03. The van der Waals surface area contributed by atoms with Gasteiger partial charge in [0.2, 0.25) is 0 Å². The van der Waals surface area contributed by atoms with Crippen molar-refractivity contribution >= 4 is 12.1 Å². The zero-order chi connectivity index (χ0) is 11.8. The van der Waals surface area contributed by atoms with Gasteiger partial charge in [-0.1, -0.05) is 30.3 Å². The fourth-order valence-electron chi connectivity index (χ4n) is 1.04. The van der Waals surface area contributed by atoms with Crippen molar-refractivity contribution < 1.29 is 18.7 Å². The zero-order valence-corrected chi connectivity index (χ0v) is 8.61. The number of ether oxygens (including phenoxy) is 1. The lowest BCUT2D eigenvalue weighted by atomic mass is 10.2. The monoisotopic (exact) mass is 225 g/mol. The number of nitrogens with one attached hydrogen (secondary N) is 1. The maximum atomic E-state index is 11.8. The number of amides is 1. The lowest BCUT2D eigenvalue weighted by Crippen LogP contribution is -2.26. The van der Waals surface area contributed by atoms with Gasteiger partial charge in [0.05, 0.1) is 6.42 Å². The standard InChI is InChI=1S/C11H12FNO3/c12-10(14)6-7-13-11(15)16-8-9-4-2-1-3-5-9/h1-5H,6-8H2,(H,13,15). The van der Waals surface area contributed by atoms with Crippen LogP contribution in [0.2, 0.25) is 0 Å². The number of hydrogen-bond acceptors (Lipinski definition) is 3. The van der Waals surface area contributed by atoms with Gasteiger partial charge in [-0.25, -0.2) is 4.79 Å². The number of hydrogen-bond donors (Lipinski definition) is 1. The predicted octanol–water partition coefficient (Wildman–Crippen LogP) is 1.80. The molecule has 0 aromatic heterocycles. The molecule has 0 spiro atoms. The molecule has 1 amide bonds. The highest BCUT2D eigenvalue weighted by molar-refractivity contribution is 5.70. The second kappa shape index (κ2) is 6.55. The first kappa shape index (κ1) is 12.2. The van der Waals surface area contributed by atoms with E-state index in [0.717, 1.165) is 5.56 Å². The summed E-state index contributed by atoms with van der Waals surface area (Å²) in [5, 5.41) is 2.26. The van der Waals surface area contributed by atoms with E-state index in [1.807, 2.05) is 30.3 Å². The van der Waals surface area contributed by atoms with E-state index in [1.165, 1.54) is 0 Å². The van der Waals surface area contributed by atoms with E-state index in [1.54, 1.807) is 0 Å². The fraction of sp³-hybridized carbons (Fsp3) is 0.273. The maximum absolute atomic E-state index is 11.8. The summed E-state index contributed by atoms with van der Waals surface area (Å²) in [5.74, 6) is 0. The van der Waals surface area contributed by atoms with Crippen molar-refractivity contribution in [3.05, 3.63) is 35.9 Å². The van der Waals surface area contributed by atoms with E-state index in [-0.39, 0.29) is 19.6 Å². The molecule has 1 N–H and O–H groups in total. The van der Waals surface area contributed by atoms with Crippen LogP contribution in [0.1, 0.15) is 12.0 Å². The van der Waals surface area contributed by atoms with Crippen LogP contribution in [0.4, 0.5) is 9.18 Å². The third-order valence-electron chi connectivity index (χ3n) is 1.80. The van der Waals surface area contributed by atoms with Crippen LogP contribution < -0.4 is 5.32 Å². The summed E-state index contributed by atoms with van der Waals surface area (Å²) in [5.41, 5.74) is 0.860. The first-order chi connectivity index (χ1) is 7.68. The van der Waals surface area contributed by atoms with Gasteiger partial charge in [0, 0.05) is 6.54 Å². The molecule has 1 aromatic rings. The number of benzene rings is 1. The van der Waals surface area contributed by atoms with Crippen molar-refractivity contribution in [2.24, 2.45) is 0 Å². The molecule has 0 heterocycles. The third kappa shape index (κ3) is 5.09. The average Bonchev–Trinajstić information content (AvgIpc) is 2.27. The summed E-state index contributed by atoms with van der Waals surface area (Å²) in [4.78, 5) is 21.0. The van der Waals surface area contributed by atoms with E-state index in [9.17, 15) is 14.0 Å². The van der Waals surface area contributed by atoms with Crippen molar-refractivity contribution in [1.82, 2.24) is 5.32 Å². The molecule has 0 radical (unpaired) electrons. The van der Waals surface area contributed by atoms with Crippen LogP contribution in [0.5, 0.6) is 0 Å². The van der Waals surface area contributed by atoms with Crippen molar-refractivity contribution in [1.29, 1.82) is 0 Å². The van der Waals surface area contributed by atoms with E-state index in [2.05, 4.69) is 5.32 Å². The Morgan fingerprint density at radius 3 is 2.56 bits per heavy atom. The Kier molecular flexibility index (Phi) is 4.98. The smallest absolute Gasteiger partial charge is 0.407 e. The molecule has 86 valence electrons. The normalized spacial score (nSPS) is 9.56. The van der Waals surface area contributed by atoms with Crippen molar-refractivity contribution in [3.8, 4) is 0 Å². The molecule has 4 nitrogen and oxygen atoms in total. The van der Waals surface area contributed by atoms with Crippen molar-refractivity contribution in [2.75, 3.05) is 6.54 Å². The summed E-state index contributed by atoms with van der Waals surface area (Å²) >= 11 is 0. The number of carbonyl (C=O) groups is 2. The molecule has 0 aliphatic carbocycles. The molecule has 16 heavy (non-hydrogen) atoms. The zero-order valence-electron chi connectivity index (χ0n) is 8.61. The van der Waals surface area contributed by atoms with Gasteiger partial charge in [-0.2, -0.15) is 4.39 Å². The van der Waals surface area contributed by atoms with Crippen LogP contribution in [-0.2, 0) is 16.1 Å². The van der Waals surface area contributed by atoms with Gasteiger partial charge in [-0.15, -0.1) is 0 Å². The molecular weight excluding hydrogens is 213 g/mol. The molecule has 1 aromatic carbocycles. The van der Waals surface area contributed by atoms with Crippen LogP contribution in [0.15, 0.2) is 30.3 Å². The fourth-order valence-corrected chi connectivity index (χ4v) is 1.04. The molecule has 0 aliphatic rings.